The van der Waals surface area contributed by atoms with Gasteiger partial charge in [-0.1, -0.05) is 44.5 Å². The molecule has 2 N–H and O–H groups in total. The molecule has 1 fully saturated rings. The van der Waals surface area contributed by atoms with Gasteiger partial charge in [-0.2, -0.15) is 0 Å². The number of nitrogens with zero attached hydrogens (tertiary/aromatic N) is 1. The van der Waals surface area contributed by atoms with E-state index in [-0.39, 0.29) is 11.9 Å². The summed E-state index contributed by atoms with van der Waals surface area (Å²) in [5.74, 6) is 0.273. The van der Waals surface area contributed by atoms with Crippen LogP contribution < -0.4 is 5.73 Å². The average Bonchev–Trinajstić information content (AvgIpc) is 2.40. The number of hydrogen-bond acceptors (Lipinski definition) is 2. The molecule has 0 saturated carbocycles. The van der Waals surface area contributed by atoms with Crippen molar-refractivity contribution in [3.05, 3.63) is 35.4 Å². The van der Waals surface area contributed by atoms with Crippen LogP contribution in [0.4, 0.5) is 0 Å². The Labute approximate surface area is 115 Å². The number of hydrogen-bond donors (Lipinski definition) is 1. The molecule has 1 heterocycles. The number of benzene rings is 1. The van der Waals surface area contributed by atoms with Crippen LogP contribution in [0.25, 0.3) is 0 Å². The summed E-state index contributed by atoms with van der Waals surface area (Å²) in [6, 6.07) is 8.07. The number of piperidine rings is 1. The van der Waals surface area contributed by atoms with Gasteiger partial charge in [0.25, 0.3) is 0 Å². The number of primary amides is 1. The van der Waals surface area contributed by atoms with E-state index in [0.29, 0.717) is 5.92 Å². The second-order valence-electron chi connectivity index (χ2n) is 5.72. The van der Waals surface area contributed by atoms with Crippen molar-refractivity contribution in [1.82, 2.24) is 4.90 Å². The lowest BCUT2D eigenvalue weighted by atomic mass is 9.97. The molecule has 1 amide bonds. The lowest BCUT2D eigenvalue weighted by Gasteiger charge is -2.33. The maximum atomic E-state index is 11.8. The molecule has 0 bridgehead atoms. The van der Waals surface area contributed by atoms with Gasteiger partial charge < -0.3 is 5.73 Å². The van der Waals surface area contributed by atoms with Gasteiger partial charge in [-0.3, -0.25) is 9.69 Å². The fourth-order valence-electron chi connectivity index (χ4n) is 2.79. The fraction of sp³-hybridized carbons (Fsp3) is 0.562. The molecular formula is C16H24N2O. The van der Waals surface area contributed by atoms with E-state index in [9.17, 15) is 4.79 Å². The minimum Gasteiger partial charge on any atom is -0.368 e. The van der Waals surface area contributed by atoms with Crippen molar-refractivity contribution in [2.45, 2.75) is 45.1 Å². The van der Waals surface area contributed by atoms with E-state index in [1.54, 1.807) is 0 Å². The van der Waals surface area contributed by atoms with Crippen LogP contribution >= 0.6 is 0 Å². The number of likely N-dealkylation sites (tertiary alicyclic amines) is 1. The molecule has 1 aromatic carbocycles. The first-order valence-electron chi connectivity index (χ1n) is 7.23. The summed E-state index contributed by atoms with van der Waals surface area (Å²) < 4.78 is 0. The summed E-state index contributed by atoms with van der Waals surface area (Å²) in [4.78, 5) is 14.0. The molecule has 0 spiro atoms. The third-order valence-corrected chi connectivity index (χ3v) is 3.94. The smallest absolute Gasteiger partial charge is 0.239 e. The highest BCUT2D eigenvalue weighted by Crippen LogP contribution is 2.26. The van der Waals surface area contributed by atoms with Gasteiger partial charge in [-0.15, -0.1) is 0 Å². The summed E-state index contributed by atoms with van der Waals surface area (Å²) in [5.41, 5.74) is 7.94. The highest BCUT2D eigenvalue weighted by molar-refractivity contribution is 5.81. The van der Waals surface area contributed by atoms with Crippen molar-refractivity contribution in [3.63, 3.8) is 0 Å². The van der Waals surface area contributed by atoms with Crippen molar-refractivity contribution in [2.24, 2.45) is 5.73 Å². The standard InChI is InChI=1S/C16H24N2O/c1-12(2)13-6-8-14(9-7-13)15(16(17)19)18-10-4-3-5-11-18/h6-9,12,15H,3-5,10-11H2,1-2H3,(H2,17,19). The lowest BCUT2D eigenvalue weighted by molar-refractivity contribution is -0.123. The van der Waals surface area contributed by atoms with E-state index in [0.717, 1.165) is 31.5 Å². The Balaban J connectivity index is 2.20. The number of nitrogens with two attached hydrogens (primary N) is 1. The topological polar surface area (TPSA) is 46.3 Å². The van der Waals surface area contributed by atoms with Crippen LogP contribution in [0.2, 0.25) is 0 Å². The molecule has 3 heteroatoms. The predicted molar refractivity (Wildman–Crippen MR) is 77.9 cm³/mol. The van der Waals surface area contributed by atoms with Gasteiger partial charge in [0.1, 0.15) is 6.04 Å². The molecule has 1 aromatic rings. The van der Waals surface area contributed by atoms with Gasteiger partial charge in [-0.05, 0) is 43.0 Å². The Morgan fingerprint density at radius 2 is 1.58 bits per heavy atom. The van der Waals surface area contributed by atoms with Crippen LogP contribution in [-0.2, 0) is 4.79 Å². The first-order chi connectivity index (χ1) is 9.09. The van der Waals surface area contributed by atoms with Gasteiger partial charge in [0.2, 0.25) is 5.91 Å². The van der Waals surface area contributed by atoms with Crippen molar-refractivity contribution in [3.8, 4) is 0 Å². The van der Waals surface area contributed by atoms with Crippen molar-refractivity contribution in [1.29, 1.82) is 0 Å². The van der Waals surface area contributed by atoms with Crippen molar-refractivity contribution < 1.29 is 4.79 Å². The monoisotopic (exact) mass is 260 g/mol. The largest absolute Gasteiger partial charge is 0.368 e. The van der Waals surface area contributed by atoms with Crippen LogP contribution in [0.1, 0.15) is 56.2 Å². The van der Waals surface area contributed by atoms with Crippen molar-refractivity contribution in [2.75, 3.05) is 13.1 Å². The molecule has 1 unspecified atom stereocenters. The maximum Gasteiger partial charge on any atom is 0.239 e. The summed E-state index contributed by atoms with van der Waals surface area (Å²) in [5, 5.41) is 0. The lowest BCUT2D eigenvalue weighted by Crippen LogP contribution is -2.40. The Kier molecular flexibility index (Phi) is 4.59. The van der Waals surface area contributed by atoms with E-state index >= 15 is 0 Å². The molecule has 0 aliphatic carbocycles. The van der Waals surface area contributed by atoms with E-state index in [1.807, 2.05) is 0 Å². The Hall–Kier alpha value is -1.35. The normalized spacial score (nSPS) is 18.5. The number of amides is 1. The van der Waals surface area contributed by atoms with E-state index in [4.69, 9.17) is 5.73 Å². The Morgan fingerprint density at radius 3 is 2.05 bits per heavy atom. The Morgan fingerprint density at radius 1 is 1.05 bits per heavy atom. The summed E-state index contributed by atoms with van der Waals surface area (Å²) >= 11 is 0. The van der Waals surface area contributed by atoms with Crippen LogP contribution in [-0.4, -0.2) is 23.9 Å². The van der Waals surface area contributed by atoms with Crippen LogP contribution in [0.5, 0.6) is 0 Å². The average molecular weight is 260 g/mol. The molecule has 0 aromatic heterocycles. The number of carbonyl (C=O) groups is 1. The Bertz CT molecular complexity index is 419. The zero-order valence-electron chi connectivity index (χ0n) is 11.9. The van der Waals surface area contributed by atoms with Crippen LogP contribution in [0.15, 0.2) is 24.3 Å². The van der Waals surface area contributed by atoms with Crippen molar-refractivity contribution >= 4 is 5.91 Å². The molecule has 104 valence electrons. The zero-order chi connectivity index (χ0) is 13.8. The quantitative estimate of drug-likeness (QED) is 0.905. The van der Waals surface area contributed by atoms with E-state index < -0.39 is 0 Å². The third kappa shape index (κ3) is 3.35. The SMILES string of the molecule is CC(C)c1ccc(C(C(N)=O)N2CCCCC2)cc1. The fourth-order valence-corrected chi connectivity index (χ4v) is 2.79. The number of rotatable bonds is 4. The van der Waals surface area contributed by atoms with Gasteiger partial charge in [0.05, 0.1) is 0 Å². The summed E-state index contributed by atoms with van der Waals surface area (Å²) in [6.07, 6.45) is 3.58. The maximum absolute atomic E-state index is 11.8. The highest BCUT2D eigenvalue weighted by Gasteiger charge is 2.26. The van der Waals surface area contributed by atoms with Gasteiger partial charge in [0.15, 0.2) is 0 Å². The number of carbonyl (C=O) groups excluding carboxylic acids is 1. The molecule has 0 radical (unpaired) electrons. The first kappa shape index (κ1) is 14.1. The minimum atomic E-state index is -0.262. The molecule has 3 nitrogen and oxygen atoms in total. The van der Waals surface area contributed by atoms with Gasteiger partial charge in [-0.25, -0.2) is 0 Å². The summed E-state index contributed by atoms with van der Waals surface area (Å²) in [7, 11) is 0. The second kappa shape index (κ2) is 6.20. The molecular weight excluding hydrogens is 236 g/mol. The van der Waals surface area contributed by atoms with Gasteiger partial charge in [0, 0.05) is 0 Å². The molecule has 19 heavy (non-hydrogen) atoms. The first-order valence-corrected chi connectivity index (χ1v) is 7.23. The third-order valence-electron chi connectivity index (χ3n) is 3.94. The highest BCUT2D eigenvalue weighted by atomic mass is 16.1. The van der Waals surface area contributed by atoms with Crippen LogP contribution in [0.3, 0.4) is 0 Å². The van der Waals surface area contributed by atoms with E-state index in [1.165, 1.54) is 12.0 Å². The minimum absolute atomic E-state index is 0.237. The predicted octanol–water partition coefficient (Wildman–Crippen LogP) is 2.82. The molecule has 1 saturated heterocycles. The molecule has 1 aliphatic heterocycles. The second-order valence-corrected chi connectivity index (χ2v) is 5.72. The summed E-state index contributed by atoms with van der Waals surface area (Å²) in [6.45, 7) is 6.29. The molecule has 1 aliphatic rings. The molecule has 1 atom stereocenters. The van der Waals surface area contributed by atoms with E-state index in [2.05, 4.69) is 43.0 Å². The van der Waals surface area contributed by atoms with Gasteiger partial charge >= 0.3 is 0 Å². The van der Waals surface area contributed by atoms with Crippen LogP contribution in [0, 0.1) is 0 Å². The zero-order valence-corrected chi connectivity index (χ0v) is 11.9. The molecule has 2 rings (SSSR count).